The number of aryl methyl sites for hydroxylation is 1. The van der Waals surface area contributed by atoms with Crippen LogP contribution in [-0.4, -0.2) is 31.0 Å². The number of methoxy groups -OCH3 is 2. The number of amides is 1. The van der Waals surface area contributed by atoms with E-state index in [0.29, 0.717) is 11.5 Å². The molecular formula is C26H21ClFNO5. The molecule has 0 saturated carbocycles. The molecule has 6 nitrogen and oxygen atoms in total. The molecule has 1 atom stereocenters. The van der Waals surface area contributed by atoms with Crippen LogP contribution in [0.4, 0.5) is 10.1 Å². The molecular weight excluding hydrogens is 461 g/mol. The van der Waals surface area contributed by atoms with Crippen molar-refractivity contribution in [3.8, 4) is 11.5 Å². The molecule has 0 aromatic heterocycles. The van der Waals surface area contributed by atoms with Gasteiger partial charge in [0, 0.05) is 11.3 Å². The molecule has 1 aliphatic heterocycles. The Balaban J connectivity index is 2.00. The molecule has 1 heterocycles. The van der Waals surface area contributed by atoms with Crippen LogP contribution in [0.3, 0.4) is 0 Å². The van der Waals surface area contributed by atoms with Crippen LogP contribution in [-0.2, 0) is 9.59 Å². The highest BCUT2D eigenvalue weighted by molar-refractivity contribution is 6.52. The normalized spacial score (nSPS) is 17.2. The van der Waals surface area contributed by atoms with Crippen LogP contribution in [0.5, 0.6) is 11.5 Å². The first-order chi connectivity index (χ1) is 16.3. The average Bonchev–Trinajstić information content (AvgIpc) is 3.09. The zero-order chi connectivity index (χ0) is 24.6. The predicted octanol–water partition coefficient (Wildman–Crippen LogP) is 5.43. The molecule has 3 aromatic carbocycles. The lowest BCUT2D eigenvalue weighted by atomic mass is 9.94. The van der Waals surface area contributed by atoms with Crippen molar-refractivity contribution in [3.05, 3.63) is 93.8 Å². The molecule has 4 rings (SSSR count). The number of ether oxygens (including phenoxy) is 2. The Labute approximate surface area is 200 Å². The number of aliphatic hydroxyl groups excluding tert-OH is 1. The summed E-state index contributed by atoms with van der Waals surface area (Å²) in [6.07, 6.45) is 0. The summed E-state index contributed by atoms with van der Waals surface area (Å²) in [5.41, 5.74) is 1.04. The molecule has 34 heavy (non-hydrogen) atoms. The number of aliphatic hydroxyl groups is 1. The van der Waals surface area contributed by atoms with Crippen LogP contribution in [0, 0.1) is 12.7 Å². The van der Waals surface area contributed by atoms with Gasteiger partial charge in [0.2, 0.25) is 0 Å². The Bertz CT molecular complexity index is 1340. The Morgan fingerprint density at radius 3 is 2.32 bits per heavy atom. The fourth-order valence-electron chi connectivity index (χ4n) is 4.05. The highest BCUT2D eigenvalue weighted by Crippen LogP contribution is 2.45. The summed E-state index contributed by atoms with van der Waals surface area (Å²) in [6, 6.07) is 14.1. The maximum atomic E-state index is 15.0. The number of carbonyl (C=O) groups excluding carboxylic acids is 2. The van der Waals surface area contributed by atoms with Gasteiger partial charge in [0.05, 0.1) is 36.4 Å². The van der Waals surface area contributed by atoms with E-state index < -0.39 is 29.3 Å². The van der Waals surface area contributed by atoms with Crippen molar-refractivity contribution in [1.29, 1.82) is 0 Å². The lowest BCUT2D eigenvalue weighted by Crippen LogP contribution is -2.29. The molecule has 1 fully saturated rings. The van der Waals surface area contributed by atoms with Gasteiger partial charge in [-0.2, -0.15) is 0 Å². The molecule has 1 N–H and O–H groups in total. The lowest BCUT2D eigenvalue weighted by Gasteiger charge is -2.26. The maximum Gasteiger partial charge on any atom is 0.300 e. The number of hydrogen-bond acceptors (Lipinski definition) is 5. The topological polar surface area (TPSA) is 76.1 Å². The van der Waals surface area contributed by atoms with Crippen molar-refractivity contribution in [2.24, 2.45) is 0 Å². The first-order valence-electron chi connectivity index (χ1n) is 10.3. The van der Waals surface area contributed by atoms with Gasteiger partial charge in [0.1, 0.15) is 23.1 Å². The monoisotopic (exact) mass is 481 g/mol. The molecule has 1 saturated heterocycles. The fraction of sp³-hybridized carbons (Fsp3) is 0.154. The van der Waals surface area contributed by atoms with E-state index in [2.05, 4.69) is 0 Å². The molecule has 0 aliphatic carbocycles. The second kappa shape index (κ2) is 9.19. The van der Waals surface area contributed by atoms with E-state index in [4.69, 9.17) is 21.1 Å². The summed E-state index contributed by atoms with van der Waals surface area (Å²) >= 11 is 6.27. The van der Waals surface area contributed by atoms with Gasteiger partial charge in [0.15, 0.2) is 0 Å². The summed E-state index contributed by atoms with van der Waals surface area (Å²) in [5.74, 6) is -2.32. The van der Waals surface area contributed by atoms with Crippen molar-refractivity contribution < 1.29 is 28.6 Å². The van der Waals surface area contributed by atoms with E-state index in [1.54, 1.807) is 30.3 Å². The highest BCUT2D eigenvalue weighted by Gasteiger charge is 2.48. The lowest BCUT2D eigenvalue weighted by molar-refractivity contribution is -0.132. The number of halogens is 2. The van der Waals surface area contributed by atoms with Crippen molar-refractivity contribution in [3.63, 3.8) is 0 Å². The predicted molar refractivity (Wildman–Crippen MR) is 127 cm³/mol. The van der Waals surface area contributed by atoms with Crippen molar-refractivity contribution in [2.75, 3.05) is 19.1 Å². The summed E-state index contributed by atoms with van der Waals surface area (Å²) in [4.78, 5) is 27.6. The highest BCUT2D eigenvalue weighted by atomic mass is 35.5. The number of anilines is 1. The fourth-order valence-corrected chi connectivity index (χ4v) is 4.30. The minimum absolute atomic E-state index is 0.0433. The smallest absolute Gasteiger partial charge is 0.300 e. The molecule has 3 aromatic rings. The van der Waals surface area contributed by atoms with Gasteiger partial charge >= 0.3 is 0 Å². The zero-order valence-electron chi connectivity index (χ0n) is 18.6. The van der Waals surface area contributed by atoms with Gasteiger partial charge in [-0.05, 0) is 43.3 Å². The Kier molecular flexibility index (Phi) is 6.30. The van der Waals surface area contributed by atoms with E-state index in [0.717, 1.165) is 10.5 Å². The molecule has 1 unspecified atom stereocenters. The standard InChI is InChI=1S/C26H21ClFNO5/c1-14-8-10-20(33-2)17(12-14)24(30)22-23(16-6-4-5-7-19(16)28)29(26(32)25(22)31)15-9-11-21(34-3)18(27)13-15/h4-13,23,30H,1-3H3/b24-22+. The quantitative estimate of drug-likeness (QED) is 0.299. The van der Waals surface area contributed by atoms with E-state index >= 15 is 4.39 Å². The first kappa shape index (κ1) is 23.3. The van der Waals surface area contributed by atoms with Gasteiger partial charge in [-0.3, -0.25) is 14.5 Å². The Hall–Kier alpha value is -3.84. The van der Waals surface area contributed by atoms with Gasteiger partial charge < -0.3 is 14.6 Å². The third kappa shape index (κ3) is 3.88. The minimum atomic E-state index is -1.24. The van der Waals surface area contributed by atoms with Gasteiger partial charge in [-0.15, -0.1) is 0 Å². The summed E-state index contributed by atoms with van der Waals surface area (Å²) in [7, 11) is 2.87. The summed E-state index contributed by atoms with van der Waals surface area (Å²) in [6.45, 7) is 1.81. The van der Waals surface area contributed by atoms with Gasteiger partial charge in [-0.25, -0.2) is 4.39 Å². The molecule has 1 aliphatic rings. The van der Waals surface area contributed by atoms with Crippen LogP contribution in [0.1, 0.15) is 22.7 Å². The summed E-state index contributed by atoms with van der Waals surface area (Å²) < 4.78 is 25.5. The van der Waals surface area contributed by atoms with E-state index in [1.165, 1.54) is 44.6 Å². The SMILES string of the molecule is COc1ccc(N2C(=O)C(=O)/C(=C(/O)c3cc(C)ccc3OC)C2c2ccccc2F)cc1Cl. The van der Waals surface area contributed by atoms with Crippen LogP contribution in [0.15, 0.2) is 66.2 Å². The third-order valence-electron chi connectivity index (χ3n) is 5.67. The molecule has 174 valence electrons. The van der Waals surface area contributed by atoms with Crippen molar-refractivity contribution in [2.45, 2.75) is 13.0 Å². The number of Topliss-reactive ketones (excluding diaryl/α,β-unsaturated/α-hetero) is 1. The molecule has 1 amide bonds. The zero-order valence-corrected chi connectivity index (χ0v) is 19.4. The van der Waals surface area contributed by atoms with Crippen LogP contribution in [0.25, 0.3) is 5.76 Å². The molecule has 0 radical (unpaired) electrons. The van der Waals surface area contributed by atoms with Crippen molar-refractivity contribution in [1.82, 2.24) is 0 Å². The molecule has 0 bridgehead atoms. The Morgan fingerprint density at radius 1 is 1.00 bits per heavy atom. The van der Waals surface area contributed by atoms with E-state index in [-0.39, 0.29) is 27.4 Å². The van der Waals surface area contributed by atoms with Gasteiger partial charge in [0.25, 0.3) is 11.7 Å². The van der Waals surface area contributed by atoms with Crippen LogP contribution in [0.2, 0.25) is 5.02 Å². The average molecular weight is 482 g/mol. The van der Waals surface area contributed by atoms with Crippen molar-refractivity contribution >= 4 is 34.7 Å². The van der Waals surface area contributed by atoms with E-state index in [1.807, 2.05) is 6.92 Å². The number of nitrogens with zero attached hydrogens (tertiary/aromatic N) is 1. The number of hydrogen-bond donors (Lipinski definition) is 1. The van der Waals surface area contributed by atoms with E-state index in [9.17, 15) is 14.7 Å². The van der Waals surface area contributed by atoms with Gasteiger partial charge in [-0.1, -0.05) is 41.4 Å². The van der Waals surface area contributed by atoms with Crippen LogP contribution < -0.4 is 14.4 Å². The molecule has 0 spiro atoms. The second-order valence-electron chi connectivity index (χ2n) is 7.71. The maximum absolute atomic E-state index is 15.0. The number of ketones is 1. The second-order valence-corrected chi connectivity index (χ2v) is 8.12. The largest absolute Gasteiger partial charge is 0.507 e. The molecule has 8 heteroatoms. The summed E-state index contributed by atoms with van der Waals surface area (Å²) in [5, 5.41) is 11.5. The minimum Gasteiger partial charge on any atom is -0.507 e. The number of benzene rings is 3. The Morgan fingerprint density at radius 2 is 1.68 bits per heavy atom. The van der Waals surface area contributed by atoms with Crippen LogP contribution >= 0.6 is 11.6 Å². The first-order valence-corrected chi connectivity index (χ1v) is 10.7. The number of rotatable bonds is 5. The number of carbonyl (C=O) groups is 2. The third-order valence-corrected chi connectivity index (χ3v) is 5.96.